The molecule has 5 nitrogen and oxygen atoms in total. The Kier molecular flexibility index (Phi) is 7.00. The summed E-state index contributed by atoms with van der Waals surface area (Å²) in [5.74, 6) is 1.14. The van der Waals surface area contributed by atoms with Gasteiger partial charge in [-0.1, -0.05) is 86.3 Å². The maximum atomic E-state index is 12.8. The van der Waals surface area contributed by atoms with E-state index in [1.54, 1.807) is 11.8 Å². The van der Waals surface area contributed by atoms with Gasteiger partial charge in [-0.05, 0) is 48.9 Å². The fourth-order valence-corrected chi connectivity index (χ4v) is 6.38. The molecule has 3 aromatic rings. The second-order valence-corrected chi connectivity index (χ2v) is 10.9. The number of benzene rings is 2. The van der Waals surface area contributed by atoms with Crippen molar-refractivity contribution in [3.63, 3.8) is 0 Å². The topological polar surface area (TPSA) is 59.8 Å². The summed E-state index contributed by atoms with van der Waals surface area (Å²) < 4.78 is 2.37. The van der Waals surface area contributed by atoms with Gasteiger partial charge in [0, 0.05) is 18.5 Å². The standard InChI is InChI=1S/C27H34N4OS/c1-19(26(32)28-22-13-6-7-14-22)33-27-30-29-25(31(27)23-15-3-2-4-16-23)18-21-12-9-11-20-10-5-8-17-24(20)21/h5,8-12,17,19,22-23H,2-4,6-7,13-16,18H2,1H3,(H,28,32). The van der Waals surface area contributed by atoms with E-state index >= 15 is 0 Å². The van der Waals surface area contributed by atoms with Gasteiger partial charge in [0.15, 0.2) is 5.16 Å². The number of hydrogen-bond donors (Lipinski definition) is 1. The van der Waals surface area contributed by atoms with E-state index in [0.29, 0.717) is 12.1 Å². The van der Waals surface area contributed by atoms with Crippen LogP contribution < -0.4 is 5.32 Å². The predicted octanol–water partition coefficient (Wildman–Crippen LogP) is 6.07. The molecule has 5 rings (SSSR count). The molecule has 2 saturated carbocycles. The summed E-state index contributed by atoms with van der Waals surface area (Å²) in [5.41, 5.74) is 1.28. The number of nitrogens with one attached hydrogen (secondary N) is 1. The molecule has 2 aromatic carbocycles. The first-order valence-corrected chi connectivity index (χ1v) is 13.4. The van der Waals surface area contributed by atoms with Gasteiger partial charge < -0.3 is 9.88 Å². The smallest absolute Gasteiger partial charge is 0.233 e. The fourth-order valence-electron chi connectivity index (χ4n) is 5.43. The van der Waals surface area contributed by atoms with E-state index in [9.17, 15) is 4.79 Å². The van der Waals surface area contributed by atoms with Gasteiger partial charge in [0.1, 0.15) is 5.82 Å². The molecule has 0 spiro atoms. The zero-order valence-electron chi connectivity index (χ0n) is 19.5. The van der Waals surface area contributed by atoms with Crippen LogP contribution in [0, 0.1) is 0 Å². The molecule has 33 heavy (non-hydrogen) atoms. The zero-order chi connectivity index (χ0) is 22.6. The molecule has 0 saturated heterocycles. The Morgan fingerprint density at radius 2 is 1.73 bits per heavy atom. The molecule has 2 fully saturated rings. The molecular formula is C27H34N4OS. The molecular weight excluding hydrogens is 428 g/mol. The number of amides is 1. The lowest BCUT2D eigenvalue weighted by molar-refractivity contribution is -0.120. The van der Waals surface area contributed by atoms with E-state index in [4.69, 9.17) is 0 Å². The normalized spacial score (nSPS) is 18.6. The summed E-state index contributed by atoms with van der Waals surface area (Å²) in [4.78, 5) is 12.8. The highest BCUT2D eigenvalue weighted by atomic mass is 32.2. The van der Waals surface area contributed by atoms with E-state index in [1.807, 2.05) is 6.92 Å². The van der Waals surface area contributed by atoms with Crippen LogP contribution in [-0.4, -0.2) is 32.0 Å². The van der Waals surface area contributed by atoms with Crippen LogP contribution in [0.15, 0.2) is 47.6 Å². The van der Waals surface area contributed by atoms with Crippen molar-refractivity contribution in [2.24, 2.45) is 0 Å². The van der Waals surface area contributed by atoms with Gasteiger partial charge in [0.05, 0.1) is 5.25 Å². The van der Waals surface area contributed by atoms with Gasteiger partial charge in [0.25, 0.3) is 0 Å². The highest BCUT2D eigenvalue weighted by Crippen LogP contribution is 2.35. The highest BCUT2D eigenvalue weighted by molar-refractivity contribution is 8.00. The number of rotatable bonds is 7. The van der Waals surface area contributed by atoms with Gasteiger partial charge in [-0.25, -0.2) is 0 Å². The fraction of sp³-hybridized carbons (Fsp3) is 0.519. The Bertz CT molecular complexity index is 1090. The Morgan fingerprint density at radius 3 is 2.55 bits per heavy atom. The maximum absolute atomic E-state index is 12.8. The number of thioether (sulfide) groups is 1. The minimum atomic E-state index is -0.178. The quantitative estimate of drug-likeness (QED) is 0.433. The molecule has 1 atom stereocenters. The van der Waals surface area contributed by atoms with Gasteiger partial charge in [-0.15, -0.1) is 10.2 Å². The minimum Gasteiger partial charge on any atom is -0.352 e. The number of fused-ring (bicyclic) bond motifs is 1. The molecule has 1 amide bonds. The van der Waals surface area contributed by atoms with Crippen molar-refractivity contribution in [2.75, 3.05) is 0 Å². The van der Waals surface area contributed by atoms with Crippen molar-refractivity contribution in [3.8, 4) is 0 Å². The largest absolute Gasteiger partial charge is 0.352 e. The molecule has 0 radical (unpaired) electrons. The van der Waals surface area contributed by atoms with Gasteiger partial charge in [-0.2, -0.15) is 0 Å². The van der Waals surface area contributed by atoms with Crippen LogP contribution in [0.3, 0.4) is 0 Å². The Balaban J connectivity index is 1.40. The number of aromatic nitrogens is 3. The maximum Gasteiger partial charge on any atom is 0.233 e. The van der Waals surface area contributed by atoms with Gasteiger partial charge in [0.2, 0.25) is 5.91 Å². The third kappa shape index (κ3) is 5.11. The second kappa shape index (κ2) is 10.3. The van der Waals surface area contributed by atoms with E-state index in [-0.39, 0.29) is 11.2 Å². The van der Waals surface area contributed by atoms with Crippen molar-refractivity contribution in [3.05, 3.63) is 53.9 Å². The molecule has 0 bridgehead atoms. The van der Waals surface area contributed by atoms with E-state index in [1.165, 1.54) is 48.4 Å². The van der Waals surface area contributed by atoms with E-state index in [2.05, 4.69) is 62.5 Å². The Morgan fingerprint density at radius 1 is 1.00 bits per heavy atom. The summed E-state index contributed by atoms with van der Waals surface area (Å²) in [5, 5.41) is 15.8. The average Bonchev–Trinajstić information content (AvgIpc) is 3.50. The van der Waals surface area contributed by atoms with Crippen LogP contribution in [0.2, 0.25) is 0 Å². The molecule has 2 aliphatic carbocycles. The number of carbonyl (C=O) groups excluding carboxylic acids is 1. The van der Waals surface area contributed by atoms with E-state index in [0.717, 1.165) is 43.1 Å². The summed E-state index contributed by atoms with van der Waals surface area (Å²) in [6.45, 7) is 2.00. The van der Waals surface area contributed by atoms with Crippen LogP contribution in [0.1, 0.15) is 82.1 Å². The lowest BCUT2D eigenvalue weighted by Crippen LogP contribution is -2.37. The molecule has 1 aromatic heterocycles. The first-order valence-electron chi connectivity index (χ1n) is 12.6. The summed E-state index contributed by atoms with van der Waals surface area (Å²) >= 11 is 1.57. The Hall–Kier alpha value is -2.34. The molecule has 6 heteroatoms. The van der Waals surface area contributed by atoms with Crippen LogP contribution in [0.25, 0.3) is 10.8 Å². The summed E-state index contributed by atoms with van der Waals surface area (Å²) in [6, 6.07) is 15.8. The van der Waals surface area contributed by atoms with Crippen molar-refractivity contribution in [1.82, 2.24) is 20.1 Å². The predicted molar refractivity (Wildman–Crippen MR) is 135 cm³/mol. The molecule has 1 N–H and O–H groups in total. The summed E-state index contributed by atoms with van der Waals surface area (Å²) in [6.07, 6.45) is 11.5. The van der Waals surface area contributed by atoms with Crippen LogP contribution in [-0.2, 0) is 11.2 Å². The van der Waals surface area contributed by atoms with Gasteiger partial charge >= 0.3 is 0 Å². The minimum absolute atomic E-state index is 0.126. The monoisotopic (exact) mass is 462 g/mol. The van der Waals surface area contributed by atoms with Crippen LogP contribution >= 0.6 is 11.8 Å². The van der Waals surface area contributed by atoms with E-state index < -0.39 is 0 Å². The number of nitrogens with zero attached hydrogens (tertiary/aromatic N) is 3. The highest BCUT2D eigenvalue weighted by Gasteiger charge is 2.27. The first kappa shape index (κ1) is 22.5. The zero-order valence-corrected chi connectivity index (χ0v) is 20.3. The van der Waals surface area contributed by atoms with Crippen molar-refractivity contribution in [1.29, 1.82) is 0 Å². The number of carbonyl (C=O) groups is 1. The van der Waals surface area contributed by atoms with Gasteiger partial charge in [-0.3, -0.25) is 4.79 Å². The summed E-state index contributed by atoms with van der Waals surface area (Å²) in [7, 11) is 0. The molecule has 174 valence electrons. The second-order valence-electron chi connectivity index (χ2n) is 9.63. The third-order valence-electron chi connectivity index (χ3n) is 7.26. The van der Waals surface area contributed by atoms with Crippen molar-refractivity contribution in [2.45, 2.75) is 93.6 Å². The lowest BCUT2D eigenvalue weighted by Gasteiger charge is -2.26. The third-order valence-corrected chi connectivity index (χ3v) is 8.31. The van der Waals surface area contributed by atoms with Crippen LogP contribution in [0.4, 0.5) is 0 Å². The first-order chi connectivity index (χ1) is 16.2. The molecule has 1 heterocycles. The SMILES string of the molecule is CC(Sc1nnc(Cc2cccc3ccccc23)n1C1CCCCC1)C(=O)NC1CCCC1. The average molecular weight is 463 g/mol. The molecule has 1 unspecified atom stereocenters. The molecule has 0 aliphatic heterocycles. The molecule has 2 aliphatic rings. The van der Waals surface area contributed by atoms with Crippen molar-refractivity contribution < 1.29 is 4.79 Å². The lowest BCUT2D eigenvalue weighted by atomic mass is 9.95. The van der Waals surface area contributed by atoms with Crippen LogP contribution in [0.5, 0.6) is 0 Å². The number of hydrogen-bond acceptors (Lipinski definition) is 4. The Labute approximate surface area is 200 Å². The van der Waals surface area contributed by atoms with Crippen molar-refractivity contribution >= 4 is 28.4 Å².